The third-order valence-electron chi connectivity index (χ3n) is 2.99. The molecule has 4 heteroatoms. The lowest BCUT2D eigenvalue weighted by atomic mass is 10.1. The summed E-state index contributed by atoms with van der Waals surface area (Å²) >= 11 is 0. The van der Waals surface area contributed by atoms with Crippen LogP contribution in [0, 0.1) is 5.82 Å². The molecule has 2 rings (SSSR count). The van der Waals surface area contributed by atoms with Crippen molar-refractivity contribution in [2.45, 2.75) is 13.0 Å². The van der Waals surface area contributed by atoms with Crippen LogP contribution in [0.4, 0.5) is 4.39 Å². The lowest BCUT2D eigenvalue weighted by molar-refractivity contribution is 0.281. The molecule has 0 amide bonds. The van der Waals surface area contributed by atoms with Crippen molar-refractivity contribution in [3.05, 3.63) is 59.4 Å². The van der Waals surface area contributed by atoms with Crippen LogP contribution >= 0.6 is 0 Å². The molecule has 0 saturated heterocycles. The number of rotatable bonds is 6. The van der Waals surface area contributed by atoms with Crippen molar-refractivity contribution >= 4 is 0 Å². The van der Waals surface area contributed by atoms with Gasteiger partial charge in [0, 0.05) is 0 Å². The number of methoxy groups -OCH3 is 1. The minimum atomic E-state index is -0.255. The topological polar surface area (TPSA) is 44.5 Å². The third-order valence-corrected chi connectivity index (χ3v) is 2.99. The molecule has 0 aromatic heterocycles. The Bertz CT molecular complexity index is 555. The highest BCUT2D eigenvalue weighted by atomic mass is 19.1. The molecule has 0 radical (unpaired) electrons. The van der Waals surface area contributed by atoms with E-state index in [9.17, 15) is 4.39 Å². The summed E-state index contributed by atoms with van der Waals surface area (Å²) in [6.07, 6.45) is 0.718. The van der Waals surface area contributed by atoms with Crippen molar-refractivity contribution in [1.29, 1.82) is 0 Å². The molecule has 0 aliphatic carbocycles. The van der Waals surface area contributed by atoms with Crippen LogP contribution in [0.2, 0.25) is 0 Å². The zero-order valence-corrected chi connectivity index (χ0v) is 11.4. The van der Waals surface area contributed by atoms with Gasteiger partial charge in [-0.3, -0.25) is 0 Å². The Morgan fingerprint density at radius 1 is 1.10 bits per heavy atom. The molecule has 0 spiro atoms. The molecule has 2 aromatic carbocycles. The van der Waals surface area contributed by atoms with E-state index in [1.807, 2.05) is 18.2 Å². The third kappa shape index (κ3) is 3.48. The molecule has 2 N–H and O–H groups in total. The van der Waals surface area contributed by atoms with Gasteiger partial charge < -0.3 is 15.2 Å². The average molecular weight is 275 g/mol. The van der Waals surface area contributed by atoms with Gasteiger partial charge in [-0.1, -0.05) is 24.3 Å². The molecule has 0 atom stereocenters. The van der Waals surface area contributed by atoms with Crippen LogP contribution in [-0.4, -0.2) is 13.7 Å². The molecule has 0 bridgehead atoms. The summed E-state index contributed by atoms with van der Waals surface area (Å²) in [6, 6.07) is 12.0. The van der Waals surface area contributed by atoms with E-state index in [1.165, 1.54) is 12.1 Å². The smallest absolute Gasteiger partial charge is 0.164 e. The molecule has 0 fully saturated rings. The lowest BCUT2D eigenvalue weighted by Gasteiger charge is -2.14. The monoisotopic (exact) mass is 275 g/mol. The second-order valence-corrected chi connectivity index (χ2v) is 4.40. The predicted octanol–water partition coefficient (Wildman–Crippen LogP) is 2.91. The van der Waals surface area contributed by atoms with Gasteiger partial charge >= 0.3 is 0 Å². The molecule has 106 valence electrons. The van der Waals surface area contributed by atoms with Gasteiger partial charge in [0.15, 0.2) is 11.5 Å². The van der Waals surface area contributed by atoms with E-state index < -0.39 is 0 Å². The Hall–Kier alpha value is -2.07. The van der Waals surface area contributed by atoms with Crippen molar-refractivity contribution in [2.75, 3.05) is 13.7 Å². The van der Waals surface area contributed by atoms with E-state index in [-0.39, 0.29) is 5.82 Å². The van der Waals surface area contributed by atoms with E-state index >= 15 is 0 Å². The van der Waals surface area contributed by atoms with Gasteiger partial charge in [0.05, 0.1) is 7.11 Å². The molecule has 0 saturated carbocycles. The zero-order chi connectivity index (χ0) is 14.4. The van der Waals surface area contributed by atoms with Crippen molar-refractivity contribution in [2.24, 2.45) is 5.73 Å². The highest BCUT2D eigenvalue weighted by Gasteiger charge is 2.10. The normalized spacial score (nSPS) is 10.3. The highest BCUT2D eigenvalue weighted by Crippen LogP contribution is 2.32. The van der Waals surface area contributed by atoms with E-state index in [4.69, 9.17) is 15.2 Å². The Kier molecular flexibility index (Phi) is 4.96. The first-order chi connectivity index (χ1) is 9.74. The van der Waals surface area contributed by atoms with Gasteiger partial charge in [0.1, 0.15) is 12.4 Å². The molecule has 20 heavy (non-hydrogen) atoms. The maximum atomic E-state index is 12.9. The number of benzene rings is 2. The summed E-state index contributed by atoms with van der Waals surface area (Å²) in [6.45, 7) is 0.901. The second kappa shape index (κ2) is 6.91. The quantitative estimate of drug-likeness (QED) is 0.881. The van der Waals surface area contributed by atoms with Gasteiger partial charge in [-0.15, -0.1) is 0 Å². The Morgan fingerprint density at radius 3 is 2.50 bits per heavy atom. The summed E-state index contributed by atoms with van der Waals surface area (Å²) in [5, 5.41) is 0. The average Bonchev–Trinajstić information content (AvgIpc) is 2.47. The predicted molar refractivity (Wildman–Crippen MR) is 76.5 cm³/mol. The molecule has 0 heterocycles. The minimum Gasteiger partial charge on any atom is -0.493 e. The van der Waals surface area contributed by atoms with Gasteiger partial charge in [0.25, 0.3) is 0 Å². The van der Waals surface area contributed by atoms with Crippen LogP contribution in [0.15, 0.2) is 42.5 Å². The molecule has 0 aliphatic rings. The number of ether oxygens (including phenoxy) is 2. The maximum Gasteiger partial charge on any atom is 0.164 e. The number of para-hydroxylation sites is 1. The number of halogens is 1. The van der Waals surface area contributed by atoms with Crippen molar-refractivity contribution < 1.29 is 13.9 Å². The second-order valence-electron chi connectivity index (χ2n) is 4.40. The summed E-state index contributed by atoms with van der Waals surface area (Å²) < 4.78 is 24.0. The number of hydrogen-bond donors (Lipinski definition) is 1. The Morgan fingerprint density at radius 2 is 1.85 bits per heavy atom. The summed E-state index contributed by atoms with van der Waals surface area (Å²) in [7, 11) is 1.60. The van der Waals surface area contributed by atoms with Crippen LogP contribution in [0.5, 0.6) is 11.5 Å². The standard InChI is InChI=1S/C16H18FNO2/c1-19-15-4-2-3-13(9-10-18)16(15)20-11-12-5-7-14(17)8-6-12/h2-8H,9-11,18H2,1H3. The largest absolute Gasteiger partial charge is 0.493 e. The van der Waals surface area contributed by atoms with Gasteiger partial charge in [0.2, 0.25) is 0 Å². The van der Waals surface area contributed by atoms with E-state index in [1.54, 1.807) is 19.2 Å². The molecule has 0 aliphatic heterocycles. The number of hydrogen-bond acceptors (Lipinski definition) is 3. The van der Waals surface area contributed by atoms with Crippen molar-refractivity contribution in [1.82, 2.24) is 0 Å². The highest BCUT2D eigenvalue weighted by molar-refractivity contribution is 5.46. The summed E-state index contributed by atoms with van der Waals surface area (Å²) in [4.78, 5) is 0. The van der Waals surface area contributed by atoms with E-state index in [0.717, 1.165) is 17.5 Å². The molecular formula is C16H18FNO2. The van der Waals surface area contributed by atoms with Gasteiger partial charge in [-0.25, -0.2) is 4.39 Å². The van der Waals surface area contributed by atoms with Crippen LogP contribution in [0.25, 0.3) is 0 Å². The molecule has 0 unspecified atom stereocenters. The maximum absolute atomic E-state index is 12.9. The van der Waals surface area contributed by atoms with Crippen LogP contribution in [-0.2, 0) is 13.0 Å². The Labute approximate surface area is 118 Å². The fraction of sp³-hybridized carbons (Fsp3) is 0.250. The molecule has 3 nitrogen and oxygen atoms in total. The fourth-order valence-corrected chi connectivity index (χ4v) is 1.97. The van der Waals surface area contributed by atoms with Gasteiger partial charge in [-0.05, 0) is 42.3 Å². The molecular weight excluding hydrogens is 257 g/mol. The van der Waals surface area contributed by atoms with Gasteiger partial charge in [-0.2, -0.15) is 0 Å². The first-order valence-corrected chi connectivity index (χ1v) is 6.47. The van der Waals surface area contributed by atoms with Crippen molar-refractivity contribution in [3.63, 3.8) is 0 Å². The van der Waals surface area contributed by atoms with Crippen molar-refractivity contribution in [3.8, 4) is 11.5 Å². The Balaban J connectivity index is 2.16. The first-order valence-electron chi connectivity index (χ1n) is 6.47. The van der Waals surface area contributed by atoms with Crippen LogP contribution in [0.3, 0.4) is 0 Å². The summed E-state index contributed by atoms with van der Waals surface area (Å²) in [5.74, 6) is 1.12. The van der Waals surface area contributed by atoms with Crippen LogP contribution < -0.4 is 15.2 Å². The fourth-order valence-electron chi connectivity index (χ4n) is 1.97. The summed E-state index contributed by atoms with van der Waals surface area (Å²) in [5.41, 5.74) is 7.51. The molecule has 2 aromatic rings. The lowest BCUT2D eigenvalue weighted by Crippen LogP contribution is -2.06. The van der Waals surface area contributed by atoms with E-state index in [0.29, 0.717) is 24.7 Å². The first kappa shape index (κ1) is 14.3. The number of nitrogens with two attached hydrogens (primary N) is 1. The zero-order valence-electron chi connectivity index (χ0n) is 11.4. The van der Waals surface area contributed by atoms with Crippen LogP contribution in [0.1, 0.15) is 11.1 Å². The minimum absolute atomic E-state index is 0.255. The van der Waals surface area contributed by atoms with E-state index in [2.05, 4.69) is 0 Å². The SMILES string of the molecule is COc1cccc(CCN)c1OCc1ccc(F)cc1.